The molecule has 3 aromatic heterocycles. The number of hydrogen-bond acceptors (Lipinski definition) is 9. The molecule has 0 spiro atoms. The molecule has 2 aromatic carbocycles. The SMILES string of the molecule is COc1ncc(-c2nc(C)oc2-c2cc(-c3cc(F)c(CO)c(S(C)(=O)=O)c3)ccc2-n2cc(Cl)c(C)n2)cn1. The van der Waals surface area contributed by atoms with E-state index in [0.29, 0.717) is 50.4 Å². The maximum absolute atomic E-state index is 15.0. The second-order valence-corrected chi connectivity index (χ2v) is 11.4. The Hall–Kier alpha value is -4.13. The first kappa shape index (κ1) is 27.4. The Labute approximate surface area is 234 Å². The van der Waals surface area contributed by atoms with Crippen LogP contribution in [0, 0.1) is 19.7 Å². The second-order valence-electron chi connectivity index (χ2n) is 8.97. The zero-order valence-corrected chi connectivity index (χ0v) is 23.4. The van der Waals surface area contributed by atoms with Crippen LogP contribution in [0.5, 0.6) is 6.01 Å². The van der Waals surface area contributed by atoms with Gasteiger partial charge in [0, 0.05) is 48.5 Å². The molecule has 40 heavy (non-hydrogen) atoms. The number of oxazole rings is 1. The average molecular weight is 584 g/mol. The van der Waals surface area contributed by atoms with Gasteiger partial charge in [-0.15, -0.1) is 0 Å². The van der Waals surface area contributed by atoms with E-state index in [9.17, 15) is 17.9 Å². The third-order valence-corrected chi connectivity index (χ3v) is 7.72. The van der Waals surface area contributed by atoms with Crippen molar-refractivity contribution in [2.45, 2.75) is 25.3 Å². The Morgan fingerprint density at radius 2 is 1.82 bits per heavy atom. The number of nitrogens with zero attached hydrogens (tertiary/aromatic N) is 5. The van der Waals surface area contributed by atoms with Crippen molar-refractivity contribution in [1.29, 1.82) is 0 Å². The smallest absolute Gasteiger partial charge is 0.316 e. The maximum atomic E-state index is 15.0. The molecule has 0 saturated heterocycles. The van der Waals surface area contributed by atoms with Crippen LogP contribution in [0.4, 0.5) is 4.39 Å². The molecule has 5 rings (SSSR count). The molecule has 3 heterocycles. The normalized spacial score (nSPS) is 11.7. The van der Waals surface area contributed by atoms with Gasteiger partial charge in [-0.25, -0.2) is 32.4 Å². The van der Waals surface area contributed by atoms with Gasteiger partial charge in [0.1, 0.15) is 11.5 Å². The molecule has 0 bridgehead atoms. The summed E-state index contributed by atoms with van der Waals surface area (Å²) in [5, 5.41) is 14.6. The van der Waals surface area contributed by atoms with E-state index in [2.05, 4.69) is 20.1 Å². The zero-order valence-electron chi connectivity index (χ0n) is 21.8. The number of sulfone groups is 1. The minimum atomic E-state index is -3.84. The minimum absolute atomic E-state index is 0.185. The summed E-state index contributed by atoms with van der Waals surface area (Å²) in [5.74, 6) is -0.125. The largest absolute Gasteiger partial charge is 0.467 e. The molecule has 206 valence electrons. The molecule has 0 unspecified atom stereocenters. The molecule has 13 heteroatoms. The lowest BCUT2D eigenvalue weighted by molar-refractivity contribution is 0.272. The maximum Gasteiger partial charge on any atom is 0.316 e. The fourth-order valence-electron chi connectivity index (χ4n) is 4.27. The summed E-state index contributed by atoms with van der Waals surface area (Å²) in [4.78, 5) is 12.6. The molecule has 0 aliphatic carbocycles. The van der Waals surface area contributed by atoms with Gasteiger partial charge in [0.25, 0.3) is 0 Å². The van der Waals surface area contributed by atoms with E-state index in [1.807, 2.05) is 0 Å². The van der Waals surface area contributed by atoms with Crippen molar-refractivity contribution in [2.75, 3.05) is 13.4 Å². The number of aliphatic hydroxyl groups is 1. The highest BCUT2D eigenvalue weighted by Gasteiger charge is 2.23. The molecule has 0 amide bonds. The third-order valence-electron chi connectivity index (χ3n) is 6.19. The van der Waals surface area contributed by atoms with Gasteiger partial charge in [0.2, 0.25) is 0 Å². The molecule has 0 radical (unpaired) electrons. The number of halogens is 2. The van der Waals surface area contributed by atoms with Crippen LogP contribution in [0.25, 0.3) is 39.4 Å². The quantitative estimate of drug-likeness (QED) is 0.282. The van der Waals surface area contributed by atoms with Crippen molar-refractivity contribution in [3.05, 3.63) is 76.9 Å². The third kappa shape index (κ3) is 5.08. The minimum Gasteiger partial charge on any atom is -0.467 e. The molecular weight excluding hydrogens is 561 g/mol. The highest BCUT2D eigenvalue weighted by Crippen LogP contribution is 2.39. The number of benzene rings is 2. The van der Waals surface area contributed by atoms with E-state index in [4.69, 9.17) is 20.8 Å². The molecule has 0 aliphatic heterocycles. The summed E-state index contributed by atoms with van der Waals surface area (Å²) in [5.41, 5.74) is 3.14. The zero-order chi connectivity index (χ0) is 28.8. The number of aliphatic hydroxyl groups excluding tert-OH is 1. The van der Waals surface area contributed by atoms with Crippen LogP contribution in [0.2, 0.25) is 5.02 Å². The van der Waals surface area contributed by atoms with Gasteiger partial charge in [0.05, 0.1) is 35.0 Å². The first-order valence-electron chi connectivity index (χ1n) is 11.8. The Bertz CT molecular complexity index is 1830. The van der Waals surface area contributed by atoms with Gasteiger partial charge in [-0.1, -0.05) is 17.7 Å². The van der Waals surface area contributed by atoms with Crippen LogP contribution in [0.3, 0.4) is 0 Å². The summed E-state index contributed by atoms with van der Waals surface area (Å²) in [7, 11) is -2.38. The van der Waals surface area contributed by atoms with Crippen LogP contribution in [-0.2, 0) is 16.4 Å². The lowest BCUT2D eigenvalue weighted by Crippen LogP contribution is -2.06. The van der Waals surface area contributed by atoms with Gasteiger partial charge in [-0.2, -0.15) is 5.10 Å². The van der Waals surface area contributed by atoms with Crippen LogP contribution in [0.1, 0.15) is 17.1 Å². The van der Waals surface area contributed by atoms with E-state index < -0.39 is 22.3 Å². The van der Waals surface area contributed by atoms with Crippen molar-refractivity contribution < 1.29 is 27.1 Å². The van der Waals surface area contributed by atoms with Gasteiger partial charge >= 0.3 is 6.01 Å². The monoisotopic (exact) mass is 583 g/mol. The number of aryl methyl sites for hydroxylation is 2. The first-order valence-corrected chi connectivity index (χ1v) is 14.1. The summed E-state index contributed by atoms with van der Waals surface area (Å²) in [6, 6.07) is 7.84. The van der Waals surface area contributed by atoms with E-state index >= 15 is 0 Å². The van der Waals surface area contributed by atoms with Crippen molar-refractivity contribution in [1.82, 2.24) is 24.7 Å². The Kier molecular flexibility index (Phi) is 7.17. The van der Waals surface area contributed by atoms with Crippen LogP contribution in [-0.4, -0.2) is 51.6 Å². The molecule has 0 fully saturated rings. The fraction of sp³-hybridized carbons (Fsp3) is 0.185. The fourth-order valence-corrected chi connectivity index (χ4v) is 5.35. The van der Waals surface area contributed by atoms with Crippen molar-refractivity contribution >= 4 is 21.4 Å². The molecule has 0 saturated carbocycles. The number of rotatable bonds is 7. The van der Waals surface area contributed by atoms with E-state index in [1.54, 1.807) is 55.3 Å². The average Bonchev–Trinajstić information content (AvgIpc) is 3.48. The summed E-state index contributed by atoms with van der Waals surface area (Å²) >= 11 is 6.30. The second kappa shape index (κ2) is 10.5. The van der Waals surface area contributed by atoms with E-state index in [0.717, 1.165) is 6.26 Å². The molecule has 1 N–H and O–H groups in total. The standard InChI is InChI=1S/C27H23ClFN5O5S/c1-14-21(28)12-34(33-14)23-6-5-16(17-8-22(29)20(13-35)24(9-17)40(4,36)37)7-19(23)26-25(32-15(2)39-26)18-10-30-27(38-3)31-11-18/h5-12,35H,13H2,1-4H3. The Morgan fingerprint density at radius 1 is 1.10 bits per heavy atom. The molecule has 0 aliphatic rings. The number of ether oxygens (including phenoxy) is 1. The summed E-state index contributed by atoms with van der Waals surface area (Å²) < 4.78 is 52.5. The van der Waals surface area contributed by atoms with Gasteiger partial charge < -0.3 is 14.3 Å². The molecule has 0 atom stereocenters. The highest BCUT2D eigenvalue weighted by molar-refractivity contribution is 7.90. The Morgan fingerprint density at radius 3 is 2.42 bits per heavy atom. The van der Waals surface area contributed by atoms with Crippen LogP contribution in [0.15, 0.2) is 58.2 Å². The van der Waals surface area contributed by atoms with Crippen LogP contribution >= 0.6 is 11.6 Å². The molecule has 10 nitrogen and oxygen atoms in total. The van der Waals surface area contributed by atoms with E-state index in [-0.39, 0.29) is 22.0 Å². The Balaban J connectivity index is 1.77. The van der Waals surface area contributed by atoms with Crippen molar-refractivity contribution in [3.63, 3.8) is 0 Å². The summed E-state index contributed by atoms with van der Waals surface area (Å²) in [6.07, 6.45) is 5.70. The highest BCUT2D eigenvalue weighted by atomic mass is 35.5. The topological polar surface area (TPSA) is 133 Å². The lowest BCUT2D eigenvalue weighted by Gasteiger charge is -2.14. The van der Waals surface area contributed by atoms with E-state index in [1.165, 1.54) is 19.2 Å². The number of hydrogen-bond donors (Lipinski definition) is 1. The first-order chi connectivity index (χ1) is 19.0. The van der Waals surface area contributed by atoms with Crippen molar-refractivity contribution in [3.8, 4) is 45.4 Å². The predicted molar refractivity (Wildman–Crippen MR) is 146 cm³/mol. The van der Waals surface area contributed by atoms with Gasteiger partial charge in [-0.3, -0.25) is 0 Å². The number of methoxy groups -OCH3 is 1. The van der Waals surface area contributed by atoms with Crippen LogP contribution < -0.4 is 4.74 Å². The van der Waals surface area contributed by atoms with Gasteiger partial charge in [-0.05, 0) is 42.3 Å². The molecule has 5 aromatic rings. The number of aromatic nitrogens is 5. The van der Waals surface area contributed by atoms with Crippen molar-refractivity contribution in [2.24, 2.45) is 0 Å². The lowest BCUT2D eigenvalue weighted by atomic mass is 9.98. The molecular formula is C27H23ClFN5O5S. The predicted octanol–water partition coefficient (Wildman–Crippen LogP) is 4.97. The van der Waals surface area contributed by atoms with Gasteiger partial charge in [0.15, 0.2) is 21.5 Å². The summed E-state index contributed by atoms with van der Waals surface area (Å²) in [6.45, 7) is 2.70.